The first-order valence-electron chi connectivity index (χ1n) is 6.86. The Kier molecular flexibility index (Phi) is 3.17. The van der Waals surface area contributed by atoms with E-state index in [-0.39, 0.29) is 0 Å². The van der Waals surface area contributed by atoms with Crippen molar-refractivity contribution in [3.8, 4) is 0 Å². The van der Waals surface area contributed by atoms with Crippen molar-refractivity contribution in [2.45, 2.75) is 37.8 Å². The van der Waals surface area contributed by atoms with Gasteiger partial charge in [0.2, 0.25) is 0 Å². The third kappa shape index (κ3) is 2.12. The lowest BCUT2D eigenvalue weighted by atomic mass is 9.84. The number of hydrogen-bond acceptors (Lipinski definition) is 2. The van der Waals surface area contributed by atoms with E-state index in [1.165, 1.54) is 38.8 Å². The van der Waals surface area contributed by atoms with E-state index >= 15 is 0 Å². The first-order chi connectivity index (χ1) is 8.38. The van der Waals surface area contributed by atoms with Gasteiger partial charge in [-0.1, -0.05) is 24.3 Å². The third-order valence-corrected chi connectivity index (χ3v) is 4.43. The van der Waals surface area contributed by atoms with Crippen molar-refractivity contribution in [3.05, 3.63) is 35.4 Å². The Morgan fingerprint density at radius 2 is 1.71 bits per heavy atom. The lowest BCUT2D eigenvalue weighted by molar-refractivity contribution is 0.185. The summed E-state index contributed by atoms with van der Waals surface area (Å²) in [5.41, 5.74) is 3.11. The van der Waals surface area contributed by atoms with Gasteiger partial charge in [0.15, 0.2) is 0 Å². The van der Waals surface area contributed by atoms with Gasteiger partial charge in [0.1, 0.15) is 0 Å². The average molecular weight is 230 g/mol. The van der Waals surface area contributed by atoms with Crippen LogP contribution in [0.4, 0.5) is 0 Å². The van der Waals surface area contributed by atoms with Crippen LogP contribution >= 0.6 is 0 Å². The number of likely N-dealkylation sites (tertiary alicyclic amines) is 1. The van der Waals surface area contributed by atoms with Crippen LogP contribution in [0.2, 0.25) is 0 Å². The molecule has 0 aromatic heterocycles. The fourth-order valence-corrected chi connectivity index (χ4v) is 3.45. The van der Waals surface area contributed by atoms with Crippen LogP contribution in [0.15, 0.2) is 24.3 Å². The monoisotopic (exact) mass is 230 g/mol. The van der Waals surface area contributed by atoms with Gasteiger partial charge in [-0.25, -0.2) is 0 Å². The van der Waals surface area contributed by atoms with Crippen LogP contribution in [0.1, 0.15) is 24.0 Å². The number of nitrogens with one attached hydrogen (secondary N) is 1. The Labute approximate surface area is 104 Å². The minimum Gasteiger partial charge on any atom is -0.315 e. The minimum absolute atomic E-state index is 0.628. The maximum atomic E-state index is 3.53. The summed E-state index contributed by atoms with van der Waals surface area (Å²) in [5.74, 6) is 0. The van der Waals surface area contributed by atoms with Crippen LogP contribution in [0, 0.1) is 0 Å². The Balaban J connectivity index is 1.84. The van der Waals surface area contributed by atoms with Gasteiger partial charge in [-0.3, -0.25) is 4.90 Å². The second-order valence-corrected chi connectivity index (χ2v) is 5.38. The predicted octanol–water partition coefficient (Wildman–Crippen LogP) is 1.84. The average Bonchev–Trinajstić information content (AvgIpc) is 2.91. The van der Waals surface area contributed by atoms with Crippen molar-refractivity contribution in [1.82, 2.24) is 10.2 Å². The fourth-order valence-electron chi connectivity index (χ4n) is 3.45. The molecule has 2 aliphatic rings. The Bertz CT molecular complexity index is 382. The molecule has 3 rings (SSSR count). The van der Waals surface area contributed by atoms with Gasteiger partial charge in [0.25, 0.3) is 0 Å². The molecule has 92 valence electrons. The van der Waals surface area contributed by atoms with E-state index in [2.05, 4.69) is 41.5 Å². The summed E-state index contributed by atoms with van der Waals surface area (Å²) in [6.07, 6.45) is 5.18. The quantitative estimate of drug-likeness (QED) is 0.834. The molecule has 2 atom stereocenters. The van der Waals surface area contributed by atoms with Gasteiger partial charge in [-0.05, 0) is 56.9 Å². The molecule has 2 heteroatoms. The summed E-state index contributed by atoms with van der Waals surface area (Å²) >= 11 is 0. The number of likely N-dealkylation sites (N-methyl/N-ethyl adjacent to an activating group) is 1. The molecule has 1 aromatic rings. The minimum atomic E-state index is 0.628. The van der Waals surface area contributed by atoms with Crippen LogP contribution in [-0.2, 0) is 12.8 Å². The van der Waals surface area contributed by atoms with E-state index in [1.54, 1.807) is 11.1 Å². The molecule has 0 amide bonds. The number of benzene rings is 1. The second kappa shape index (κ2) is 4.79. The Morgan fingerprint density at radius 1 is 1.06 bits per heavy atom. The molecule has 0 spiro atoms. The van der Waals surface area contributed by atoms with Crippen molar-refractivity contribution >= 4 is 0 Å². The SMILES string of the molecule is CN[C@H]1Cc2ccccc2C[C@@H]1N1CCCC1. The molecule has 1 aromatic carbocycles. The van der Waals surface area contributed by atoms with Gasteiger partial charge in [-0.2, -0.15) is 0 Å². The van der Waals surface area contributed by atoms with Crippen LogP contribution in [0.5, 0.6) is 0 Å². The van der Waals surface area contributed by atoms with Gasteiger partial charge in [0, 0.05) is 12.1 Å². The van der Waals surface area contributed by atoms with E-state index in [0.29, 0.717) is 12.1 Å². The Hall–Kier alpha value is -0.860. The standard InChI is InChI=1S/C15H22N2/c1-16-14-10-12-6-2-3-7-13(12)11-15(14)17-8-4-5-9-17/h2-3,6-7,14-16H,4-5,8-11H2,1H3/t14-,15-/m0/s1. The number of nitrogens with zero attached hydrogens (tertiary/aromatic N) is 1. The lowest BCUT2D eigenvalue weighted by Gasteiger charge is -2.38. The first-order valence-corrected chi connectivity index (χ1v) is 6.86. The highest BCUT2D eigenvalue weighted by atomic mass is 15.2. The summed E-state index contributed by atoms with van der Waals surface area (Å²) in [6.45, 7) is 2.59. The molecule has 2 nitrogen and oxygen atoms in total. The first kappa shape index (κ1) is 11.2. The molecular formula is C15H22N2. The zero-order valence-electron chi connectivity index (χ0n) is 10.7. The van der Waals surface area contributed by atoms with Crippen LogP contribution in [0.25, 0.3) is 0 Å². The molecule has 1 aliphatic carbocycles. The third-order valence-electron chi connectivity index (χ3n) is 4.43. The molecule has 1 aliphatic heterocycles. The number of fused-ring (bicyclic) bond motifs is 1. The van der Waals surface area contributed by atoms with E-state index in [0.717, 1.165) is 0 Å². The summed E-state index contributed by atoms with van der Waals surface area (Å²) in [5, 5.41) is 3.53. The molecule has 0 unspecified atom stereocenters. The molecule has 1 fully saturated rings. The fraction of sp³-hybridized carbons (Fsp3) is 0.600. The van der Waals surface area contributed by atoms with Gasteiger partial charge in [-0.15, -0.1) is 0 Å². The summed E-state index contributed by atoms with van der Waals surface area (Å²) in [6, 6.07) is 10.3. The number of rotatable bonds is 2. The van der Waals surface area contributed by atoms with Crippen LogP contribution in [-0.4, -0.2) is 37.1 Å². The van der Waals surface area contributed by atoms with Crippen LogP contribution in [0.3, 0.4) is 0 Å². The zero-order valence-corrected chi connectivity index (χ0v) is 10.7. The smallest absolute Gasteiger partial charge is 0.0292 e. The van der Waals surface area contributed by atoms with E-state index < -0.39 is 0 Å². The number of hydrogen-bond donors (Lipinski definition) is 1. The second-order valence-electron chi connectivity index (χ2n) is 5.38. The molecular weight excluding hydrogens is 208 g/mol. The largest absolute Gasteiger partial charge is 0.315 e. The Morgan fingerprint density at radius 3 is 2.35 bits per heavy atom. The van der Waals surface area contributed by atoms with Gasteiger partial charge < -0.3 is 5.32 Å². The van der Waals surface area contributed by atoms with E-state index in [9.17, 15) is 0 Å². The van der Waals surface area contributed by atoms with E-state index in [4.69, 9.17) is 0 Å². The molecule has 17 heavy (non-hydrogen) atoms. The summed E-state index contributed by atoms with van der Waals surface area (Å²) in [7, 11) is 2.11. The predicted molar refractivity (Wildman–Crippen MR) is 71.3 cm³/mol. The summed E-state index contributed by atoms with van der Waals surface area (Å²) < 4.78 is 0. The highest BCUT2D eigenvalue weighted by Crippen LogP contribution is 2.26. The van der Waals surface area contributed by atoms with Crippen LogP contribution < -0.4 is 5.32 Å². The van der Waals surface area contributed by atoms with Crippen molar-refractivity contribution in [1.29, 1.82) is 0 Å². The van der Waals surface area contributed by atoms with E-state index in [1.807, 2.05) is 0 Å². The maximum absolute atomic E-state index is 3.53. The molecule has 0 saturated carbocycles. The zero-order chi connectivity index (χ0) is 11.7. The molecule has 0 radical (unpaired) electrons. The lowest BCUT2D eigenvalue weighted by Crippen LogP contribution is -2.52. The highest BCUT2D eigenvalue weighted by molar-refractivity contribution is 5.32. The highest BCUT2D eigenvalue weighted by Gasteiger charge is 2.32. The van der Waals surface area contributed by atoms with Crippen molar-refractivity contribution < 1.29 is 0 Å². The topological polar surface area (TPSA) is 15.3 Å². The van der Waals surface area contributed by atoms with Crippen molar-refractivity contribution in [2.24, 2.45) is 0 Å². The van der Waals surface area contributed by atoms with Crippen molar-refractivity contribution in [2.75, 3.05) is 20.1 Å². The summed E-state index contributed by atoms with van der Waals surface area (Å²) in [4.78, 5) is 2.69. The van der Waals surface area contributed by atoms with Crippen molar-refractivity contribution in [3.63, 3.8) is 0 Å². The maximum Gasteiger partial charge on any atom is 0.0292 e. The van der Waals surface area contributed by atoms with Gasteiger partial charge >= 0.3 is 0 Å². The van der Waals surface area contributed by atoms with Gasteiger partial charge in [0.05, 0.1) is 0 Å². The molecule has 1 heterocycles. The molecule has 1 saturated heterocycles. The normalized spacial score (nSPS) is 29.2. The molecule has 1 N–H and O–H groups in total. The molecule has 0 bridgehead atoms.